The van der Waals surface area contributed by atoms with Gasteiger partial charge >= 0.3 is 0 Å². The van der Waals surface area contributed by atoms with Crippen molar-refractivity contribution >= 4 is 28.3 Å². The number of aryl methyl sites for hydroxylation is 2. The van der Waals surface area contributed by atoms with E-state index < -0.39 is 10.0 Å². The molecule has 1 aliphatic rings. The van der Waals surface area contributed by atoms with Gasteiger partial charge in [0.15, 0.2) is 6.61 Å². The second kappa shape index (κ2) is 11.5. The minimum Gasteiger partial charge on any atom is -0.484 e. The Bertz CT molecular complexity index is 942. The molecule has 1 amide bonds. The van der Waals surface area contributed by atoms with E-state index in [4.69, 9.17) is 4.74 Å². The summed E-state index contributed by atoms with van der Waals surface area (Å²) in [5.41, 5.74) is 2.17. The van der Waals surface area contributed by atoms with Crippen molar-refractivity contribution in [3.8, 4) is 5.75 Å². The van der Waals surface area contributed by atoms with Gasteiger partial charge in [0.25, 0.3) is 5.91 Å². The first-order valence-corrected chi connectivity index (χ1v) is 11.5. The average molecular weight is 468 g/mol. The molecule has 31 heavy (non-hydrogen) atoms. The number of rotatable bonds is 8. The summed E-state index contributed by atoms with van der Waals surface area (Å²) in [4.78, 5) is 14.4. The molecule has 1 N–H and O–H groups in total. The largest absolute Gasteiger partial charge is 0.484 e. The van der Waals surface area contributed by atoms with Gasteiger partial charge in [-0.2, -0.15) is 4.31 Å². The zero-order chi connectivity index (χ0) is 21.6. The van der Waals surface area contributed by atoms with Crippen LogP contribution in [0.3, 0.4) is 0 Å². The number of carbonyl (C=O) groups is 1. The summed E-state index contributed by atoms with van der Waals surface area (Å²) in [5, 5.41) is 2.85. The molecule has 0 unspecified atom stereocenters. The number of ether oxygens (including phenoxy) is 1. The quantitative estimate of drug-likeness (QED) is 0.644. The van der Waals surface area contributed by atoms with Crippen LogP contribution in [0.15, 0.2) is 53.4 Å². The van der Waals surface area contributed by atoms with Crippen LogP contribution in [0.4, 0.5) is 0 Å². The molecule has 9 heteroatoms. The first kappa shape index (κ1) is 25.1. The third-order valence-electron chi connectivity index (χ3n) is 5.13. The van der Waals surface area contributed by atoms with Crippen molar-refractivity contribution in [1.29, 1.82) is 0 Å². The van der Waals surface area contributed by atoms with Crippen molar-refractivity contribution in [2.75, 3.05) is 45.9 Å². The van der Waals surface area contributed by atoms with E-state index in [0.717, 1.165) is 11.1 Å². The van der Waals surface area contributed by atoms with Gasteiger partial charge in [0, 0.05) is 39.3 Å². The zero-order valence-corrected chi connectivity index (χ0v) is 19.5. The van der Waals surface area contributed by atoms with Crippen LogP contribution in [-0.4, -0.2) is 69.4 Å². The van der Waals surface area contributed by atoms with Gasteiger partial charge in [-0.1, -0.05) is 35.4 Å². The van der Waals surface area contributed by atoms with Gasteiger partial charge in [-0.3, -0.25) is 9.69 Å². The highest BCUT2D eigenvalue weighted by Gasteiger charge is 2.28. The number of hydrogen-bond donors (Lipinski definition) is 1. The van der Waals surface area contributed by atoms with Gasteiger partial charge in [0.05, 0.1) is 4.90 Å². The number of halogens is 1. The fourth-order valence-corrected chi connectivity index (χ4v) is 4.66. The molecule has 0 bridgehead atoms. The molecule has 0 aromatic heterocycles. The van der Waals surface area contributed by atoms with Crippen molar-refractivity contribution in [2.24, 2.45) is 0 Å². The maximum absolute atomic E-state index is 12.8. The Labute approximate surface area is 190 Å². The molecule has 3 rings (SSSR count). The summed E-state index contributed by atoms with van der Waals surface area (Å²) in [7, 11) is -3.45. The van der Waals surface area contributed by atoms with Gasteiger partial charge in [-0.05, 0) is 38.1 Å². The van der Waals surface area contributed by atoms with E-state index in [2.05, 4.69) is 10.2 Å². The number of nitrogens with zero attached hydrogens (tertiary/aromatic N) is 2. The predicted octanol–water partition coefficient (Wildman–Crippen LogP) is 2.23. The third-order valence-corrected chi connectivity index (χ3v) is 7.04. The number of amides is 1. The van der Waals surface area contributed by atoms with Crippen LogP contribution in [0.25, 0.3) is 0 Å². The van der Waals surface area contributed by atoms with Crippen LogP contribution in [0.5, 0.6) is 5.75 Å². The Balaban J connectivity index is 0.00000341. The second-order valence-electron chi connectivity index (χ2n) is 7.51. The summed E-state index contributed by atoms with van der Waals surface area (Å²) in [6.45, 7) is 7.25. The summed E-state index contributed by atoms with van der Waals surface area (Å²) >= 11 is 0. The molecule has 1 fully saturated rings. The van der Waals surface area contributed by atoms with Gasteiger partial charge < -0.3 is 10.1 Å². The first-order valence-electron chi connectivity index (χ1n) is 10.1. The molecule has 0 saturated carbocycles. The van der Waals surface area contributed by atoms with Crippen LogP contribution in [0.1, 0.15) is 11.1 Å². The summed E-state index contributed by atoms with van der Waals surface area (Å²) in [6, 6.07) is 14.5. The lowest BCUT2D eigenvalue weighted by Gasteiger charge is -2.34. The second-order valence-corrected chi connectivity index (χ2v) is 9.45. The first-order chi connectivity index (χ1) is 14.3. The fourth-order valence-electron chi connectivity index (χ4n) is 3.24. The highest BCUT2D eigenvalue weighted by molar-refractivity contribution is 7.89. The minimum absolute atomic E-state index is 0. The molecule has 2 aromatic carbocycles. The molecule has 0 spiro atoms. The molecule has 170 valence electrons. The molecule has 0 radical (unpaired) electrons. The Hall–Kier alpha value is -2.13. The van der Waals surface area contributed by atoms with E-state index in [1.165, 1.54) is 4.31 Å². The standard InChI is InChI=1S/C22H29N3O4S.ClH/c1-18-3-7-20(8-4-18)29-17-22(26)23-11-12-24-13-15-25(16-14-24)30(27,28)21-9-5-19(2)6-10-21;/h3-10H,11-17H2,1-2H3,(H,23,26);1H. The SMILES string of the molecule is Cc1ccc(OCC(=O)NCCN2CCN(S(=O)(=O)c3ccc(C)cc3)CC2)cc1.Cl. The number of hydrogen-bond acceptors (Lipinski definition) is 5. The molecule has 1 heterocycles. The smallest absolute Gasteiger partial charge is 0.257 e. The highest BCUT2D eigenvalue weighted by Crippen LogP contribution is 2.18. The maximum Gasteiger partial charge on any atom is 0.257 e. The van der Waals surface area contributed by atoms with Gasteiger partial charge in [-0.25, -0.2) is 8.42 Å². The van der Waals surface area contributed by atoms with E-state index in [0.29, 0.717) is 49.9 Å². The number of piperazine rings is 1. The third kappa shape index (κ3) is 7.21. The molecule has 0 atom stereocenters. The van der Waals surface area contributed by atoms with E-state index in [-0.39, 0.29) is 24.9 Å². The van der Waals surface area contributed by atoms with E-state index >= 15 is 0 Å². The molecule has 0 aliphatic carbocycles. The van der Waals surface area contributed by atoms with Crippen molar-refractivity contribution in [2.45, 2.75) is 18.7 Å². The lowest BCUT2D eigenvalue weighted by molar-refractivity contribution is -0.123. The Morgan fingerprint density at radius 3 is 2.06 bits per heavy atom. The molecule has 2 aromatic rings. The summed E-state index contributed by atoms with van der Waals surface area (Å²) < 4.78 is 32.5. The predicted molar refractivity (Wildman–Crippen MR) is 123 cm³/mol. The van der Waals surface area contributed by atoms with Crippen LogP contribution >= 0.6 is 12.4 Å². The minimum atomic E-state index is -3.45. The van der Waals surface area contributed by atoms with Crippen LogP contribution in [-0.2, 0) is 14.8 Å². The normalized spacial score (nSPS) is 15.2. The molecular weight excluding hydrogens is 438 g/mol. The zero-order valence-electron chi connectivity index (χ0n) is 17.9. The highest BCUT2D eigenvalue weighted by atomic mass is 35.5. The van der Waals surface area contributed by atoms with Crippen molar-refractivity contribution in [3.63, 3.8) is 0 Å². The van der Waals surface area contributed by atoms with Crippen molar-refractivity contribution in [1.82, 2.24) is 14.5 Å². The fraction of sp³-hybridized carbons (Fsp3) is 0.409. The Morgan fingerprint density at radius 1 is 0.935 bits per heavy atom. The lowest BCUT2D eigenvalue weighted by atomic mass is 10.2. The van der Waals surface area contributed by atoms with Crippen molar-refractivity contribution < 1.29 is 17.9 Å². The Kier molecular flexibility index (Phi) is 9.31. The van der Waals surface area contributed by atoms with Gasteiger partial charge in [-0.15, -0.1) is 12.4 Å². The van der Waals surface area contributed by atoms with E-state index in [1.54, 1.807) is 12.1 Å². The van der Waals surface area contributed by atoms with Crippen molar-refractivity contribution in [3.05, 3.63) is 59.7 Å². The molecule has 7 nitrogen and oxygen atoms in total. The number of nitrogens with one attached hydrogen (secondary N) is 1. The van der Waals surface area contributed by atoms with E-state index in [9.17, 15) is 13.2 Å². The van der Waals surface area contributed by atoms with E-state index in [1.807, 2.05) is 50.2 Å². The van der Waals surface area contributed by atoms with Gasteiger partial charge in [0.2, 0.25) is 10.0 Å². The summed E-state index contributed by atoms with van der Waals surface area (Å²) in [6.07, 6.45) is 0. The molecule has 1 aliphatic heterocycles. The molecule has 1 saturated heterocycles. The van der Waals surface area contributed by atoms with Crippen LogP contribution in [0.2, 0.25) is 0 Å². The van der Waals surface area contributed by atoms with Crippen LogP contribution < -0.4 is 10.1 Å². The summed E-state index contributed by atoms with van der Waals surface area (Å²) in [5.74, 6) is 0.498. The van der Waals surface area contributed by atoms with Gasteiger partial charge in [0.1, 0.15) is 5.75 Å². The number of sulfonamides is 1. The molecular formula is C22H30ClN3O4S. The topological polar surface area (TPSA) is 79.0 Å². The number of carbonyl (C=O) groups excluding carboxylic acids is 1. The monoisotopic (exact) mass is 467 g/mol. The van der Waals surface area contributed by atoms with Crippen LogP contribution in [0, 0.1) is 13.8 Å². The number of benzene rings is 2. The maximum atomic E-state index is 12.8. The average Bonchev–Trinajstić information content (AvgIpc) is 2.74. The lowest BCUT2D eigenvalue weighted by Crippen LogP contribution is -2.50. The Morgan fingerprint density at radius 2 is 1.48 bits per heavy atom.